The van der Waals surface area contributed by atoms with E-state index in [1.54, 1.807) is 0 Å². The molecule has 0 saturated carbocycles. The number of aryl methyl sites for hydroxylation is 2. The van der Waals surface area contributed by atoms with Gasteiger partial charge in [-0.1, -0.05) is 50.2 Å². The highest BCUT2D eigenvalue weighted by atomic mass is 19.1. The number of benzene rings is 3. The summed E-state index contributed by atoms with van der Waals surface area (Å²) in [6.07, 6.45) is 4.54. The molecule has 2 bridgehead atoms. The summed E-state index contributed by atoms with van der Waals surface area (Å²) in [6.45, 7) is 5.72. The molecule has 2 unspecified atom stereocenters. The van der Waals surface area contributed by atoms with E-state index in [0.717, 1.165) is 55.1 Å². The monoisotopic (exact) mass is 472 g/mol. The van der Waals surface area contributed by atoms with Gasteiger partial charge in [0.25, 0.3) is 0 Å². The van der Waals surface area contributed by atoms with Crippen LogP contribution in [0.1, 0.15) is 44.5 Å². The van der Waals surface area contributed by atoms with Crippen LogP contribution in [0.3, 0.4) is 0 Å². The van der Waals surface area contributed by atoms with Crippen molar-refractivity contribution in [1.82, 2.24) is 15.3 Å². The minimum absolute atomic E-state index is 0.00326. The Morgan fingerprint density at radius 1 is 1.00 bits per heavy atom. The molecule has 2 aliphatic rings. The third-order valence-electron chi connectivity index (χ3n) is 7.54. The van der Waals surface area contributed by atoms with Gasteiger partial charge in [-0.2, -0.15) is 0 Å². The van der Waals surface area contributed by atoms with Gasteiger partial charge in [-0.15, -0.1) is 0 Å². The van der Waals surface area contributed by atoms with Crippen LogP contribution in [0.4, 0.5) is 14.6 Å². The van der Waals surface area contributed by atoms with Gasteiger partial charge < -0.3 is 10.2 Å². The number of anilines is 1. The molecule has 6 heteroatoms. The van der Waals surface area contributed by atoms with E-state index in [9.17, 15) is 0 Å². The van der Waals surface area contributed by atoms with Gasteiger partial charge in [-0.25, -0.2) is 18.7 Å². The fraction of sp³-hybridized carbons (Fsp3) is 0.379. The lowest BCUT2D eigenvalue weighted by atomic mass is 9.92. The van der Waals surface area contributed by atoms with E-state index in [1.807, 2.05) is 36.4 Å². The third-order valence-corrected chi connectivity index (χ3v) is 7.54. The molecule has 2 aliphatic heterocycles. The van der Waals surface area contributed by atoms with Gasteiger partial charge in [0.1, 0.15) is 23.0 Å². The maximum atomic E-state index is 16.4. The van der Waals surface area contributed by atoms with Crippen LogP contribution in [-0.2, 0) is 12.8 Å². The predicted octanol–water partition coefficient (Wildman–Crippen LogP) is 6.18. The lowest BCUT2D eigenvalue weighted by molar-refractivity contribution is 0.463. The van der Waals surface area contributed by atoms with Crippen molar-refractivity contribution in [3.63, 3.8) is 0 Å². The lowest BCUT2D eigenvalue weighted by Crippen LogP contribution is -2.51. The first-order valence-electron chi connectivity index (χ1n) is 12.8. The van der Waals surface area contributed by atoms with Crippen molar-refractivity contribution in [1.29, 1.82) is 0 Å². The number of rotatable bonds is 5. The summed E-state index contributed by atoms with van der Waals surface area (Å²) in [7, 11) is 0. The van der Waals surface area contributed by atoms with Gasteiger partial charge in [-0.05, 0) is 53.6 Å². The smallest absolute Gasteiger partial charge is 0.160 e. The highest BCUT2D eigenvalue weighted by Crippen LogP contribution is 2.39. The number of fused-ring (bicyclic) bond motifs is 4. The second-order valence-corrected chi connectivity index (χ2v) is 9.87. The zero-order valence-corrected chi connectivity index (χ0v) is 20.2. The zero-order valence-electron chi connectivity index (χ0n) is 20.2. The Balaban J connectivity index is 1.60. The van der Waals surface area contributed by atoms with E-state index >= 15 is 8.78 Å². The molecule has 3 heterocycles. The number of hydrogen-bond acceptors (Lipinski definition) is 4. The summed E-state index contributed by atoms with van der Waals surface area (Å²) in [5.41, 5.74) is 1.86. The first kappa shape index (κ1) is 22.4. The van der Waals surface area contributed by atoms with E-state index in [-0.39, 0.29) is 11.1 Å². The van der Waals surface area contributed by atoms with Crippen LogP contribution in [0, 0.1) is 11.6 Å². The molecule has 4 aromatic rings. The molecule has 6 rings (SSSR count). The van der Waals surface area contributed by atoms with Crippen LogP contribution in [-0.4, -0.2) is 35.1 Å². The maximum Gasteiger partial charge on any atom is 0.160 e. The van der Waals surface area contributed by atoms with Gasteiger partial charge >= 0.3 is 0 Å². The molecule has 0 aliphatic carbocycles. The molecule has 2 saturated heterocycles. The molecule has 1 aromatic heterocycles. The van der Waals surface area contributed by atoms with Crippen molar-refractivity contribution in [3.8, 4) is 11.1 Å². The molecule has 4 nitrogen and oxygen atoms in total. The summed E-state index contributed by atoms with van der Waals surface area (Å²) in [5, 5.41) is 5.96. The summed E-state index contributed by atoms with van der Waals surface area (Å²) < 4.78 is 32.2. The highest BCUT2D eigenvalue weighted by molar-refractivity contribution is 6.02. The first-order valence-corrected chi connectivity index (χ1v) is 12.8. The topological polar surface area (TPSA) is 41.1 Å². The largest absolute Gasteiger partial charge is 0.353 e. The average Bonchev–Trinajstić information content (AvgIpc) is 3.21. The van der Waals surface area contributed by atoms with Crippen LogP contribution >= 0.6 is 0 Å². The number of piperazine rings is 1. The van der Waals surface area contributed by atoms with Gasteiger partial charge in [0.15, 0.2) is 5.82 Å². The van der Waals surface area contributed by atoms with E-state index in [4.69, 9.17) is 4.98 Å². The van der Waals surface area contributed by atoms with Crippen LogP contribution in [0.2, 0.25) is 0 Å². The Kier molecular flexibility index (Phi) is 5.64. The maximum absolute atomic E-state index is 16.4. The van der Waals surface area contributed by atoms with Crippen molar-refractivity contribution in [2.75, 3.05) is 18.0 Å². The van der Waals surface area contributed by atoms with Crippen LogP contribution in [0.5, 0.6) is 0 Å². The molecule has 2 fully saturated rings. The Hall–Kier alpha value is -3.12. The molecular weight excluding hydrogens is 442 g/mol. The number of nitrogens with one attached hydrogen (secondary N) is 1. The molecule has 2 atom stereocenters. The second-order valence-electron chi connectivity index (χ2n) is 9.87. The summed E-state index contributed by atoms with van der Waals surface area (Å²) >= 11 is 0. The minimum Gasteiger partial charge on any atom is -0.353 e. The van der Waals surface area contributed by atoms with Crippen LogP contribution in [0.15, 0.2) is 42.5 Å². The molecule has 35 heavy (non-hydrogen) atoms. The second kappa shape index (κ2) is 8.83. The third kappa shape index (κ3) is 3.75. The predicted molar refractivity (Wildman–Crippen MR) is 138 cm³/mol. The normalized spacial score (nSPS) is 19.7. The van der Waals surface area contributed by atoms with Gasteiger partial charge in [0.05, 0.1) is 5.56 Å². The molecule has 1 N–H and O–H groups in total. The first-order chi connectivity index (χ1) is 17.1. The van der Waals surface area contributed by atoms with Gasteiger partial charge in [0.2, 0.25) is 0 Å². The van der Waals surface area contributed by atoms with Crippen molar-refractivity contribution in [3.05, 3.63) is 65.5 Å². The Bertz CT molecular complexity index is 1420. The Morgan fingerprint density at radius 3 is 2.46 bits per heavy atom. The molecule has 180 valence electrons. The fourth-order valence-corrected chi connectivity index (χ4v) is 5.94. The molecule has 0 radical (unpaired) electrons. The molecule has 0 amide bonds. The fourth-order valence-electron chi connectivity index (χ4n) is 5.94. The van der Waals surface area contributed by atoms with E-state index in [2.05, 4.69) is 29.0 Å². The summed E-state index contributed by atoms with van der Waals surface area (Å²) in [4.78, 5) is 11.7. The van der Waals surface area contributed by atoms with Crippen molar-refractivity contribution in [2.24, 2.45) is 0 Å². The number of aromatic nitrogens is 2. The van der Waals surface area contributed by atoms with Crippen LogP contribution in [0.25, 0.3) is 32.8 Å². The SMILES string of the molecule is CCCc1nc(N2CC3CCC(C2)N3)c2cc(F)c(-c3cccc4cccc(CC)c34)c(F)c2n1. The minimum atomic E-state index is -0.600. The quantitative estimate of drug-likeness (QED) is 0.376. The van der Waals surface area contributed by atoms with Gasteiger partial charge in [0, 0.05) is 37.0 Å². The van der Waals surface area contributed by atoms with E-state index in [1.165, 1.54) is 6.07 Å². The number of halogens is 2. The Morgan fingerprint density at radius 2 is 1.74 bits per heavy atom. The highest BCUT2D eigenvalue weighted by Gasteiger charge is 2.34. The standard InChI is InChI=1S/C29H30F2N4/c1-3-7-24-33-28-22(29(34-24)35-15-19-12-13-20(16-35)32-19)14-23(30)26(27(28)31)21-11-6-10-18-9-5-8-17(4-2)25(18)21/h5-6,8-11,14,19-20,32H,3-4,7,12-13,15-16H2,1-2H3. The summed E-state index contributed by atoms with van der Waals surface area (Å²) in [5.74, 6) is 0.106. The van der Waals surface area contributed by atoms with E-state index < -0.39 is 11.6 Å². The van der Waals surface area contributed by atoms with E-state index in [0.29, 0.717) is 41.1 Å². The number of nitrogens with zero attached hydrogens (tertiary/aromatic N) is 3. The average molecular weight is 473 g/mol. The zero-order chi connectivity index (χ0) is 24.1. The molecular formula is C29H30F2N4. The van der Waals surface area contributed by atoms with Crippen molar-refractivity contribution in [2.45, 2.75) is 58.0 Å². The number of hydrogen-bond donors (Lipinski definition) is 1. The van der Waals surface area contributed by atoms with Crippen molar-refractivity contribution < 1.29 is 8.78 Å². The Labute approximate surface area is 204 Å². The summed E-state index contributed by atoms with van der Waals surface area (Å²) in [6, 6.07) is 13.9. The lowest BCUT2D eigenvalue weighted by Gasteiger charge is -2.34. The molecule has 0 spiro atoms. The molecule has 3 aromatic carbocycles. The van der Waals surface area contributed by atoms with Gasteiger partial charge in [-0.3, -0.25) is 0 Å². The van der Waals surface area contributed by atoms with Crippen LogP contribution < -0.4 is 10.2 Å². The van der Waals surface area contributed by atoms with Crippen molar-refractivity contribution >= 4 is 27.5 Å².